The standard InChI is InChI=1S/C11H15NO/c1-4-6-9-7-8-12(3)11(13)10(9)5-2/h4-6H,2,7-8H2,1,3H3/b6-4-. The summed E-state index contributed by atoms with van der Waals surface area (Å²) in [6.45, 7) is 6.42. The molecule has 1 rings (SSSR count). The number of amides is 1. The van der Waals surface area contributed by atoms with Gasteiger partial charge in [0.15, 0.2) is 0 Å². The normalized spacial score (nSPS) is 18.6. The summed E-state index contributed by atoms with van der Waals surface area (Å²) < 4.78 is 0. The van der Waals surface area contributed by atoms with Gasteiger partial charge in [-0.15, -0.1) is 0 Å². The lowest BCUT2D eigenvalue weighted by Crippen LogP contribution is -2.33. The van der Waals surface area contributed by atoms with Gasteiger partial charge in [0.05, 0.1) is 0 Å². The topological polar surface area (TPSA) is 20.3 Å². The third-order valence-corrected chi connectivity index (χ3v) is 2.21. The summed E-state index contributed by atoms with van der Waals surface area (Å²) in [7, 11) is 1.82. The average Bonchev–Trinajstić information content (AvgIpc) is 2.12. The van der Waals surface area contributed by atoms with Gasteiger partial charge in [0.1, 0.15) is 0 Å². The minimum Gasteiger partial charge on any atom is -0.341 e. The van der Waals surface area contributed by atoms with Crippen LogP contribution in [0.25, 0.3) is 0 Å². The number of likely N-dealkylation sites (N-methyl/N-ethyl adjacent to an activating group) is 1. The zero-order chi connectivity index (χ0) is 9.84. The molecule has 70 valence electrons. The van der Waals surface area contributed by atoms with Crippen molar-refractivity contribution >= 4 is 5.91 Å². The first-order valence-electron chi connectivity index (χ1n) is 4.44. The van der Waals surface area contributed by atoms with Gasteiger partial charge in [-0.2, -0.15) is 0 Å². The van der Waals surface area contributed by atoms with Gasteiger partial charge in [0.2, 0.25) is 0 Å². The largest absolute Gasteiger partial charge is 0.341 e. The fourth-order valence-electron chi connectivity index (χ4n) is 1.46. The third-order valence-electron chi connectivity index (χ3n) is 2.21. The van der Waals surface area contributed by atoms with Crippen LogP contribution in [-0.2, 0) is 4.79 Å². The second-order valence-corrected chi connectivity index (χ2v) is 3.12. The Balaban J connectivity index is 3.06. The molecule has 1 aliphatic rings. The van der Waals surface area contributed by atoms with E-state index in [2.05, 4.69) is 6.58 Å². The summed E-state index contributed by atoms with van der Waals surface area (Å²) in [5.41, 5.74) is 1.84. The maximum atomic E-state index is 11.6. The van der Waals surface area contributed by atoms with Crippen molar-refractivity contribution in [1.29, 1.82) is 0 Å². The summed E-state index contributed by atoms with van der Waals surface area (Å²) in [6, 6.07) is 0. The molecule has 2 heteroatoms. The maximum absolute atomic E-state index is 11.6. The van der Waals surface area contributed by atoms with Crippen molar-refractivity contribution in [2.45, 2.75) is 13.3 Å². The SMILES string of the molecule is C=CC1=C(/C=C\C)CCN(C)C1=O. The lowest BCUT2D eigenvalue weighted by Gasteiger charge is -2.24. The van der Waals surface area contributed by atoms with E-state index in [9.17, 15) is 4.79 Å². The molecule has 0 radical (unpaired) electrons. The first-order valence-corrected chi connectivity index (χ1v) is 4.44. The van der Waals surface area contributed by atoms with Crippen LogP contribution in [0.4, 0.5) is 0 Å². The molecular weight excluding hydrogens is 162 g/mol. The van der Waals surface area contributed by atoms with Gasteiger partial charge in [0.25, 0.3) is 5.91 Å². The van der Waals surface area contributed by atoms with Gasteiger partial charge >= 0.3 is 0 Å². The van der Waals surface area contributed by atoms with Crippen molar-refractivity contribution in [2.24, 2.45) is 0 Å². The first-order chi connectivity index (χ1) is 6.20. The van der Waals surface area contributed by atoms with Crippen molar-refractivity contribution in [3.8, 4) is 0 Å². The van der Waals surface area contributed by atoms with Gasteiger partial charge < -0.3 is 4.90 Å². The van der Waals surface area contributed by atoms with Gasteiger partial charge in [-0.25, -0.2) is 0 Å². The Morgan fingerprint density at radius 1 is 1.54 bits per heavy atom. The van der Waals surface area contributed by atoms with E-state index in [1.165, 1.54) is 0 Å². The molecule has 0 saturated heterocycles. The van der Waals surface area contributed by atoms with Crippen LogP contribution in [0.15, 0.2) is 36.0 Å². The highest BCUT2D eigenvalue weighted by Gasteiger charge is 2.20. The van der Waals surface area contributed by atoms with Crippen LogP contribution in [-0.4, -0.2) is 24.4 Å². The predicted octanol–water partition coefficient (Wildman–Crippen LogP) is 1.91. The molecule has 0 bridgehead atoms. The van der Waals surface area contributed by atoms with Crippen molar-refractivity contribution in [3.63, 3.8) is 0 Å². The fraction of sp³-hybridized carbons (Fsp3) is 0.364. The summed E-state index contributed by atoms with van der Waals surface area (Å²) in [5.74, 6) is 0.0781. The first kappa shape index (κ1) is 9.78. The molecule has 0 atom stereocenters. The zero-order valence-electron chi connectivity index (χ0n) is 8.21. The molecule has 2 nitrogen and oxygen atoms in total. The van der Waals surface area contributed by atoms with Crippen molar-refractivity contribution in [1.82, 2.24) is 4.90 Å². The lowest BCUT2D eigenvalue weighted by atomic mass is 9.99. The van der Waals surface area contributed by atoms with Gasteiger partial charge in [-0.1, -0.05) is 24.8 Å². The Morgan fingerprint density at radius 2 is 2.23 bits per heavy atom. The van der Waals surface area contributed by atoms with E-state index in [4.69, 9.17) is 0 Å². The van der Waals surface area contributed by atoms with Crippen molar-refractivity contribution in [3.05, 3.63) is 36.0 Å². The van der Waals surface area contributed by atoms with Crippen LogP contribution in [0, 0.1) is 0 Å². The van der Waals surface area contributed by atoms with E-state index in [0.717, 1.165) is 24.1 Å². The number of carbonyl (C=O) groups excluding carboxylic acids is 1. The molecule has 1 heterocycles. The smallest absolute Gasteiger partial charge is 0.253 e. The summed E-state index contributed by atoms with van der Waals surface area (Å²) in [6.07, 6.45) is 6.51. The molecule has 1 amide bonds. The highest BCUT2D eigenvalue weighted by molar-refractivity contribution is 5.98. The molecule has 0 spiro atoms. The molecule has 1 aliphatic heterocycles. The van der Waals surface area contributed by atoms with E-state index < -0.39 is 0 Å². The summed E-state index contributed by atoms with van der Waals surface area (Å²) >= 11 is 0. The number of carbonyl (C=O) groups is 1. The fourth-order valence-corrected chi connectivity index (χ4v) is 1.46. The summed E-state index contributed by atoms with van der Waals surface area (Å²) in [4.78, 5) is 13.3. The second kappa shape index (κ2) is 4.08. The monoisotopic (exact) mass is 177 g/mol. The second-order valence-electron chi connectivity index (χ2n) is 3.12. The molecule has 0 N–H and O–H groups in total. The Morgan fingerprint density at radius 3 is 2.77 bits per heavy atom. The number of hydrogen-bond acceptors (Lipinski definition) is 1. The van der Waals surface area contributed by atoms with E-state index in [1.54, 1.807) is 11.0 Å². The zero-order valence-corrected chi connectivity index (χ0v) is 8.21. The van der Waals surface area contributed by atoms with E-state index >= 15 is 0 Å². The van der Waals surface area contributed by atoms with Gasteiger partial charge in [0, 0.05) is 19.2 Å². The van der Waals surface area contributed by atoms with E-state index in [0.29, 0.717) is 0 Å². The molecule has 0 aliphatic carbocycles. The van der Waals surface area contributed by atoms with Crippen molar-refractivity contribution in [2.75, 3.05) is 13.6 Å². The Bertz CT molecular complexity index is 286. The quantitative estimate of drug-likeness (QED) is 0.631. The molecule has 0 aromatic carbocycles. The van der Waals surface area contributed by atoms with Crippen LogP contribution in [0.2, 0.25) is 0 Å². The van der Waals surface area contributed by atoms with Crippen LogP contribution < -0.4 is 0 Å². The Kier molecular flexibility index (Phi) is 3.07. The number of allylic oxidation sites excluding steroid dienone is 2. The Labute approximate surface area is 79.2 Å². The van der Waals surface area contributed by atoms with E-state index in [1.807, 2.05) is 26.1 Å². The highest BCUT2D eigenvalue weighted by Crippen LogP contribution is 2.19. The molecular formula is C11H15NO. The third kappa shape index (κ3) is 1.89. The van der Waals surface area contributed by atoms with Gasteiger partial charge in [-0.3, -0.25) is 4.79 Å². The van der Waals surface area contributed by atoms with Crippen LogP contribution in [0.3, 0.4) is 0 Å². The number of rotatable bonds is 2. The number of nitrogens with zero attached hydrogens (tertiary/aromatic N) is 1. The Hall–Kier alpha value is -1.31. The average molecular weight is 177 g/mol. The van der Waals surface area contributed by atoms with Crippen LogP contribution in [0.1, 0.15) is 13.3 Å². The highest BCUT2D eigenvalue weighted by atomic mass is 16.2. The molecule has 0 saturated carbocycles. The number of hydrogen-bond donors (Lipinski definition) is 0. The van der Waals surface area contributed by atoms with Crippen LogP contribution in [0.5, 0.6) is 0 Å². The van der Waals surface area contributed by atoms with Crippen molar-refractivity contribution < 1.29 is 4.79 Å². The summed E-state index contributed by atoms with van der Waals surface area (Å²) in [5, 5.41) is 0. The minimum atomic E-state index is 0.0781. The van der Waals surface area contributed by atoms with Gasteiger partial charge in [-0.05, 0) is 18.9 Å². The molecule has 13 heavy (non-hydrogen) atoms. The lowest BCUT2D eigenvalue weighted by molar-refractivity contribution is -0.126. The minimum absolute atomic E-state index is 0.0781. The van der Waals surface area contributed by atoms with Crippen LogP contribution >= 0.6 is 0 Å². The molecule has 0 unspecified atom stereocenters. The molecule has 0 aromatic heterocycles. The molecule has 0 fully saturated rings. The predicted molar refractivity (Wildman–Crippen MR) is 54.3 cm³/mol. The maximum Gasteiger partial charge on any atom is 0.253 e. The molecule has 0 aromatic rings. The van der Waals surface area contributed by atoms with E-state index in [-0.39, 0.29) is 5.91 Å².